The Labute approximate surface area is 179 Å². The number of aromatic nitrogens is 4. The molecule has 0 saturated heterocycles. The summed E-state index contributed by atoms with van der Waals surface area (Å²) >= 11 is 6.35. The fourth-order valence-electron chi connectivity index (χ4n) is 3.40. The highest BCUT2D eigenvalue weighted by atomic mass is 35.5. The SMILES string of the molecule is Cc1cc(OCc2c(C)cccc2-n2nnn(C)c2=O)ccc1-c1ccccc1Cl. The lowest BCUT2D eigenvalue weighted by Crippen LogP contribution is -2.23. The molecule has 0 saturated carbocycles. The molecule has 0 radical (unpaired) electrons. The first-order valence-electron chi connectivity index (χ1n) is 9.52. The van der Waals surface area contributed by atoms with Gasteiger partial charge in [0, 0.05) is 23.2 Å². The summed E-state index contributed by atoms with van der Waals surface area (Å²) in [7, 11) is 1.57. The van der Waals surface area contributed by atoms with Crippen LogP contribution in [0.5, 0.6) is 5.75 Å². The van der Waals surface area contributed by atoms with E-state index in [1.807, 2.05) is 74.5 Å². The highest BCUT2D eigenvalue weighted by Gasteiger charge is 2.14. The summed E-state index contributed by atoms with van der Waals surface area (Å²) in [6, 6.07) is 19.4. The third kappa shape index (κ3) is 3.74. The zero-order valence-corrected chi connectivity index (χ0v) is 17.7. The standard InChI is InChI=1S/C23H21ClN4O2/c1-15-7-6-10-22(28-23(29)27(3)25-26-28)20(15)14-30-17-11-12-18(16(2)13-17)19-8-4-5-9-21(19)24/h4-13H,14H2,1-3H3. The van der Waals surface area contributed by atoms with Crippen LogP contribution >= 0.6 is 11.6 Å². The van der Waals surface area contributed by atoms with Crippen LogP contribution in [0.1, 0.15) is 16.7 Å². The number of benzene rings is 3. The summed E-state index contributed by atoms with van der Waals surface area (Å²) in [5.74, 6) is 0.740. The Bertz CT molecular complexity index is 1280. The monoisotopic (exact) mass is 420 g/mol. The lowest BCUT2D eigenvalue weighted by molar-refractivity contribution is 0.304. The molecule has 4 aromatic rings. The van der Waals surface area contributed by atoms with Crippen LogP contribution in [-0.4, -0.2) is 19.8 Å². The van der Waals surface area contributed by atoms with Crippen LogP contribution in [0.4, 0.5) is 0 Å². The molecule has 0 atom stereocenters. The van der Waals surface area contributed by atoms with Gasteiger partial charge in [-0.15, -0.1) is 0 Å². The van der Waals surface area contributed by atoms with Crippen molar-refractivity contribution in [1.29, 1.82) is 0 Å². The van der Waals surface area contributed by atoms with Gasteiger partial charge in [-0.25, -0.2) is 4.79 Å². The first-order valence-corrected chi connectivity index (χ1v) is 9.89. The average Bonchev–Trinajstić information content (AvgIpc) is 3.06. The summed E-state index contributed by atoms with van der Waals surface area (Å²) in [4.78, 5) is 12.3. The molecule has 0 fully saturated rings. The summed E-state index contributed by atoms with van der Waals surface area (Å²) in [5.41, 5.74) is 5.37. The zero-order chi connectivity index (χ0) is 21.3. The molecule has 4 rings (SSSR count). The second-order valence-electron chi connectivity index (χ2n) is 7.11. The Hall–Kier alpha value is -3.38. The van der Waals surface area contributed by atoms with Crippen LogP contribution in [0, 0.1) is 13.8 Å². The van der Waals surface area contributed by atoms with Crippen molar-refractivity contribution < 1.29 is 4.74 Å². The fraction of sp³-hybridized carbons (Fsp3) is 0.174. The predicted octanol–water partition coefficient (Wildman–Crippen LogP) is 4.48. The molecule has 7 heteroatoms. The van der Waals surface area contributed by atoms with Crippen LogP contribution in [0.2, 0.25) is 5.02 Å². The summed E-state index contributed by atoms with van der Waals surface area (Å²) < 4.78 is 8.57. The quantitative estimate of drug-likeness (QED) is 0.477. The van der Waals surface area contributed by atoms with E-state index >= 15 is 0 Å². The Kier molecular flexibility index (Phi) is 5.42. The maximum atomic E-state index is 12.3. The van der Waals surface area contributed by atoms with E-state index in [9.17, 15) is 4.79 Å². The van der Waals surface area contributed by atoms with Gasteiger partial charge in [-0.05, 0) is 65.2 Å². The minimum Gasteiger partial charge on any atom is -0.489 e. The number of tetrazole rings is 1. The highest BCUT2D eigenvalue weighted by molar-refractivity contribution is 6.33. The van der Waals surface area contributed by atoms with Crippen molar-refractivity contribution in [2.24, 2.45) is 7.05 Å². The van der Waals surface area contributed by atoms with Gasteiger partial charge in [0.1, 0.15) is 12.4 Å². The fourth-order valence-corrected chi connectivity index (χ4v) is 3.64. The molecule has 0 N–H and O–H groups in total. The minimum absolute atomic E-state index is 0.301. The Morgan fingerprint density at radius 2 is 1.73 bits per heavy atom. The average molecular weight is 421 g/mol. The van der Waals surface area contributed by atoms with Gasteiger partial charge >= 0.3 is 5.69 Å². The molecular formula is C23H21ClN4O2. The van der Waals surface area contributed by atoms with E-state index in [2.05, 4.69) is 10.4 Å². The van der Waals surface area contributed by atoms with Crippen molar-refractivity contribution in [2.75, 3.05) is 0 Å². The van der Waals surface area contributed by atoms with E-state index < -0.39 is 0 Å². The van der Waals surface area contributed by atoms with Crippen LogP contribution in [0.15, 0.2) is 65.5 Å². The third-order valence-electron chi connectivity index (χ3n) is 5.08. The smallest absolute Gasteiger partial charge is 0.368 e. The van der Waals surface area contributed by atoms with E-state index in [-0.39, 0.29) is 5.69 Å². The van der Waals surface area contributed by atoms with Gasteiger partial charge in [0.25, 0.3) is 0 Å². The molecule has 0 aliphatic rings. The molecule has 30 heavy (non-hydrogen) atoms. The first-order chi connectivity index (χ1) is 14.5. The molecule has 1 heterocycles. The number of hydrogen-bond donors (Lipinski definition) is 0. The van der Waals surface area contributed by atoms with Gasteiger partial charge in [-0.1, -0.05) is 48.0 Å². The molecule has 1 aromatic heterocycles. The topological polar surface area (TPSA) is 61.9 Å². The summed E-state index contributed by atoms with van der Waals surface area (Å²) in [6.45, 7) is 4.31. The minimum atomic E-state index is -0.304. The van der Waals surface area contributed by atoms with Crippen molar-refractivity contribution >= 4 is 11.6 Å². The van der Waals surface area contributed by atoms with Crippen molar-refractivity contribution in [2.45, 2.75) is 20.5 Å². The van der Waals surface area contributed by atoms with Gasteiger partial charge in [-0.2, -0.15) is 9.36 Å². The van der Waals surface area contributed by atoms with E-state index in [1.54, 1.807) is 7.05 Å². The largest absolute Gasteiger partial charge is 0.489 e. The van der Waals surface area contributed by atoms with Crippen LogP contribution < -0.4 is 10.4 Å². The van der Waals surface area contributed by atoms with Crippen molar-refractivity contribution in [3.63, 3.8) is 0 Å². The molecule has 0 aliphatic heterocycles. The third-order valence-corrected chi connectivity index (χ3v) is 5.41. The van der Waals surface area contributed by atoms with E-state index in [0.29, 0.717) is 17.3 Å². The van der Waals surface area contributed by atoms with Gasteiger partial charge in [0.05, 0.1) is 5.69 Å². The second kappa shape index (κ2) is 8.16. The van der Waals surface area contributed by atoms with Crippen molar-refractivity contribution in [1.82, 2.24) is 19.8 Å². The number of rotatable bonds is 5. The molecule has 0 amide bonds. The Balaban J connectivity index is 1.62. The van der Waals surface area contributed by atoms with Crippen molar-refractivity contribution in [3.05, 3.63) is 92.9 Å². The molecule has 0 unspecified atom stereocenters. The van der Waals surface area contributed by atoms with Crippen LogP contribution in [0.3, 0.4) is 0 Å². The Morgan fingerprint density at radius 1 is 0.933 bits per heavy atom. The van der Waals surface area contributed by atoms with Gasteiger partial charge in [0.2, 0.25) is 0 Å². The summed E-state index contributed by atoms with van der Waals surface area (Å²) in [6.07, 6.45) is 0. The predicted molar refractivity (Wildman–Crippen MR) is 117 cm³/mol. The van der Waals surface area contributed by atoms with Crippen LogP contribution in [0.25, 0.3) is 16.8 Å². The Morgan fingerprint density at radius 3 is 2.43 bits per heavy atom. The van der Waals surface area contributed by atoms with Gasteiger partial charge in [0.15, 0.2) is 0 Å². The number of halogens is 1. The van der Waals surface area contributed by atoms with Crippen LogP contribution in [-0.2, 0) is 13.7 Å². The maximum absolute atomic E-state index is 12.3. The van der Waals surface area contributed by atoms with E-state index in [0.717, 1.165) is 33.6 Å². The lowest BCUT2D eigenvalue weighted by Gasteiger charge is -2.14. The van der Waals surface area contributed by atoms with Gasteiger partial charge < -0.3 is 4.74 Å². The summed E-state index contributed by atoms with van der Waals surface area (Å²) in [5, 5.41) is 8.48. The maximum Gasteiger partial charge on any atom is 0.368 e. The molecular weight excluding hydrogens is 400 g/mol. The molecule has 152 valence electrons. The molecule has 0 bridgehead atoms. The number of hydrogen-bond acceptors (Lipinski definition) is 4. The lowest BCUT2D eigenvalue weighted by atomic mass is 10.0. The molecule has 6 nitrogen and oxygen atoms in total. The van der Waals surface area contributed by atoms with E-state index in [1.165, 1.54) is 9.36 Å². The highest BCUT2D eigenvalue weighted by Crippen LogP contribution is 2.32. The zero-order valence-electron chi connectivity index (χ0n) is 17.0. The first kappa shape index (κ1) is 19.9. The number of aryl methyl sites for hydroxylation is 3. The molecule has 0 spiro atoms. The van der Waals surface area contributed by atoms with Gasteiger partial charge in [-0.3, -0.25) is 0 Å². The molecule has 3 aromatic carbocycles. The molecule has 0 aliphatic carbocycles. The normalized spacial score (nSPS) is 10.9. The second-order valence-corrected chi connectivity index (χ2v) is 7.52. The number of nitrogens with zero attached hydrogens (tertiary/aromatic N) is 4. The van der Waals surface area contributed by atoms with E-state index in [4.69, 9.17) is 16.3 Å². The van der Waals surface area contributed by atoms with Crippen molar-refractivity contribution in [3.8, 4) is 22.6 Å². The number of ether oxygens (including phenoxy) is 1.